The largest absolute Gasteiger partial charge is 0.497 e. The van der Waals surface area contributed by atoms with Crippen molar-refractivity contribution >= 4 is 16.7 Å². The number of ether oxygens (including phenoxy) is 1. The second-order valence-electron chi connectivity index (χ2n) is 5.91. The highest BCUT2D eigenvalue weighted by molar-refractivity contribution is 6.10. The van der Waals surface area contributed by atoms with Crippen molar-refractivity contribution in [3.8, 4) is 22.9 Å². The number of amides is 1. The van der Waals surface area contributed by atoms with Crippen LogP contribution < -0.4 is 10.1 Å². The summed E-state index contributed by atoms with van der Waals surface area (Å²) in [6.45, 7) is 0.318. The first kappa shape index (κ1) is 18.4. The minimum absolute atomic E-state index is 0.0119. The molecule has 0 radical (unpaired) electrons. The summed E-state index contributed by atoms with van der Waals surface area (Å²) >= 11 is 0. The van der Waals surface area contributed by atoms with Crippen LogP contribution in [0.5, 0.6) is 5.75 Å². The van der Waals surface area contributed by atoms with E-state index in [1.807, 2.05) is 36.4 Å². The topological polar surface area (TPSA) is 95.2 Å². The average Bonchev–Trinajstić information content (AvgIpc) is 2.72. The summed E-state index contributed by atoms with van der Waals surface area (Å²) in [6.07, 6.45) is 0.449. The lowest BCUT2D eigenvalue weighted by Gasteiger charge is -2.14. The van der Waals surface area contributed by atoms with Crippen molar-refractivity contribution in [3.05, 3.63) is 59.9 Å². The number of pyridine rings is 1. The molecule has 27 heavy (non-hydrogen) atoms. The molecule has 0 atom stereocenters. The van der Waals surface area contributed by atoms with Gasteiger partial charge in [0.15, 0.2) is 0 Å². The first-order valence-electron chi connectivity index (χ1n) is 8.56. The number of aromatic nitrogens is 1. The summed E-state index contributed by atoms with van der Waals surface area (Å²) in [7, 11) is 1.57. The Balaban J connectivity index is 2.25. The number of hydrogen-bond acceptors (Lipinski definition) is 5. The number of carbonyl (C=O) groups excluding carboxylic acids is 1. The Hall–Kier alpha value is -3.43. The van der Waals surface area contributed by atoms with Crippen molar-refractivity contribution in [1.82, 2.24) is 10.3 Å². The minimum Gasteiger partial charge on any atom is -0.497 e. The number of fused-ring (bicyclic) bond motifs is 1. The highest BCUT2D eigenvalue weighted by Crippen LogP contribution is 2.34. The Bertz CT molecular complexity index is 1010. The molecule has 0 spiro atoms. The smallest absolute Gasteiger partial charge is 0.270 e. The maximum absolute atomic E-state index is 12.6. The molecule has 0 aliphatic carbocycles. The monoisotopic (exact) mass is 361 g/mol. The highest BCUT2D eigenvalue weighted by atomic mass is 16.5. The van der Waals surface area contributed by atoms with Gasteiger partial charge in [0.05, 0.1) is 7.11 Å². The zero-order valence-electron chi connectivity index (χ0n) is 14.9. The lowest BCUT2D eigenvalue weighted by Crippen LogP contribution is -2.26. The third kappa shape index (κ3) is 3.73. The van der Waals surface area contributed by atoms with Crippen molar-refractivity contribution in [3.63, 3.8) is 0 Å². The molecule has 1 aromatic heterocycles. The predicted molar refractivity (Wildman–Crippen MR) is 102 cm³/mol. The summed E-state index contributed by atoms with van der Waals surface area (Å²) < 4.78 is 5.33. The Kier molecular flexibility index (Phi) is 5.64. The molecule has 3 aromatic rings. The predicted octanol–water partition coefficient (Wildman–Crippen LogP) is 2.89. The molecule has 1 heterocycles. The summed E-state index contributed by atoms with van der Waals surface area (Å²) in [4.78, 5) is 17.0. The summed E-state index contributed by atoms with van der Waals surface area (Å²) in [6, 6.07) is 16.9. The minimum atomic E-state index is -0.380. The van der Waals surface area contributed by atoms with Crippen LogP contribution in [-0.2, 0) is 0 Å². The zero-order chi connectivity index (χ0) is 19.2. The highest BCUT2D eigenvalue weighted by Gasteiger charge is 2.20. The van der Waals surface area contributed by atoms with E-state index in [1.54, 1.807) is 19.2 Å². The number of carbonyl (C=O) groups is 1. The quantitative estimate of drug-likeness (QED) is 0.658. The molecule has 0 saturated carbocycles. The molecule has 0 unspecified atom stereocenters. The third-order valence-electron chi connectivity index (χ3n) is 4.22. The van der Waals surface area contributed by atoms with Crippen LogP contribution in [0.2, 0.25) is 0 Å². The maximum Gasteiger partial charge on any atom is 0.270 e. The van der Waals surface area contributed by atoms with Gasteiger partial charge in [-0.05, 0) is 35.6 Å². The van der Waals surface area contributed by atoms with Gasteiger partial charge >= 0.3 is 0 Å². The van der Waals surface area contributed by atoms with Gasteiger partial charge in [0.25, 0.3) is 5.91 Å². The molecule has 0 aliphatic rings. The van der Waals surface area contributed by atoms with Crippen LogP contribution in [0.4, 0.5) is 0 Å². The van der Waals surface area contributed by atoms with Crippen LogP contribution >= 0.6 is 0 Å². The number of nitrogens with zero attached hydrogens (tertiary/aromatic N) is 2. The number of rotatable bonds is 6. The number of nitrogens with one attached hydrogen (secondary N) is 1. The van der Waals surface area contributed by atoms with Crippen molar-refractivity contribution in [2.24, 2.45) is 0 Å². The number of methoxy groups -OCH3 is 1. The molecule has 136 valence electrons. The first-order chi connectivity index (χ1) is 13.2. The van der Waals surface area contributed by atoms with Crippen molar-refractivity contribution in [2.75, 3.05) is 20.3 Å². The van der Waals surface area contributed by atoms with E-state index in [1.165, 1.54) is 0 Å². The van der Waals surface area contributed by atoms with Crippen LogP contribution in [0.3, 0.4) is 0 Å². The van der Waals surface area contributed by atoms with Gasteiger partial charge in [0, 0.05) is 24.1 Å². The SMILES string of the molecule is COc1ccc2c(C(=O)NCCCO)nc(C#N)c(-c3ccccc3)c2c1. The van der Waals surface area contributed by atoms with E-state index < -0.39 is 0 Å². The number of benzene rings is 2. The molecule has 1 amide bonds. The van der Waals surface area contributed by atoms with E-state index in [2.05, 4.69) is 16.4 Å². The van der Waals surface area contributed by atoms with E-state index in [-0.39, 0.29) is 23.9 Å². The molecular weight excluding hydrogens is 342 g/mol. The van der Waals surface area contributed by atoms with E-state index in [4.69, 9.17) is 9.84 Å². The van der Waals surface area contributed by atoms with Crippen molar-refractivity contribution in [1.29, 1.82) is 5.26 Å². The Morgan fingerprint density at radius 2 is 2.00 bits per heavy atom. The second-order valence-corrected chi connectivity index (χ2v) is 5.91. The Morgan fingerprint density at radius 3 is 2.67 bits per heavy atom. The first-order valence-corrected chi connectivity index (χ1v) is 8.56. The van der Waals surface area contributed by atoms with Crippen molar-refractivity contribution in [2.45, 2.75) is 6.42 Å². The molecule has 0 aliphatic heterocycles. The van der Waals surface area contributed by atoms with Gasteiger partial charge in [-0.15, -0.1) is 0 Å². The number of aliphatic hydroxyl groups is 1. The fraction of sp³-hybridized carbons (Fsp3) is 0.190. The van der Waals surface area contributed by atoms with E-state index in [0.29, 0.717) is 29.7 Å². The molecule has 0 bridgehead atoms. The lowest BCUT2D eigenvalue weighted by molar-refractivity contribution is 0.0948. The normalized spacial score (nSPS) is 10.4. The summed E-state index contributed by atoms with van der Waals surface area (Å²) in [5.41, 5.74) is 1.86. The maximum atomic E-state index is 12.6. The number of nitriles is 1. The summed E-state index contributed by atoms with van der Waals surface area (Å²) in [5.74, 6) is 0.246. The van der Waals surface area contributed by atoms with Gasteiger partial charge in [0.2, 0.25) is 0 Å². The average molecular weight is 361 g/mol. The van der Waals surface area contributed by atoms with Crippen LogP contribution in [0.1, 0.15) is 22.6 Å². The molecule has 6 nitrogen and oxygen atoms in total. The fourth-order valence-corrected chi connectivity index (χ4v) is 2.93. The third-order valence-corrected chi connectivity index (χ3v) is 4.22. The Morgan fingerprint density at radius 1 is 1.22 bits per heavy atom. The van der Waals surface area contributed by atoms with E-state index >= 15 is 0 Å². The van der Waals surface area contributed by atoms with E-state index in [9.17, 15) is 10.1 Å². The van der Waals surface area contributed by atoms with Crippen LogP contribution in [0, 0.1) is 11.3 Å². The fourth-order valence-electron chi connectivity index (χ4n) is 2.93. The number of hydrogen-bond donors (Lipinski definition) is 2. The van der Waals surface area contributed by atoms with Gasteiger partial charge in [0.1, 0.15) is 23.2 Å². The van der Waals surface area contributed by atoms with Gasteiger partial charge in [-0.2, -0.15) is 5.26 Å². The van der Waals surface area contributed by atoms with Gasteiger partial charge in [-0.25, -0.2) is 4.98 Å². The summed E-state index contributed by atoms with van der Waals surface area (Å²) in [5, 5.41) is 22.7. The molecular formula is C21H19N3O3. The van der Waals surface area contributed by atoms with Crippen LogP contribution in [0.15, 0.2) is 48.5 Å². The lowest BCUT2D eigenvalue weighted by atomic mass is 9.95. The molecule has 3 rings (SSSR count). The standard InChI is InChI=1S/C21H19N3O3/c1-27-15-8-9-16-17(12-15)19(14-6-3-2-4-7-14)18(13-22)24-20(16)21(26)23-10-5-11-25/h2-4,6-9,12,25H,5,10-11H2,1H3,(H,23,26). The molecule has 0 fully saturated rings. The van der Waals surface area contributed by atoms with Crippen molar-refractivity contribution < 1.29 is 14.6 Å². The van der Waals surface area contributed by atoms with Gasteiger partial charge in [-0.1, -0.05) is 30.3 Å². The number of aliphatic hydroxyl groups excluding tert-OH is 1. The molecule has 2 aromatic carbocycles. The Labute approximate surface area is 157 Å². The van der Waals surface area contributed by atoms with E-state index in [0.717, 1.165) is 10.9 Å². The van der Waals surface area contributed by atoms with Crippen LogP contribution in [-0.4, -0.2) is 36.3 Å². The van der Waals surface area contributed by atoms with Gasteiger partial charge < -0.3 is 15.2 Å². The van der Waals surface area contributed by atoms with Crippen LogP contribution in [0.25, 0.3) is 21.9 Å². The zero-order valence-corrected chi connectivity index (χ0v) is 14.9. The molecule has 6 heteroatoms. The molecule has 2 N–H and O–H groups in total. The second kappa shape index (κ2) is 8.30. The van der Waals surface area contributed by atoms with Gasteiger partial charge in [-0.3, -0.25) is 4.79 Å². The molecule has 0 saturated heterocycles.